The number of fused-ring (bicyclic) bond motifs is 7. The highest BCUT2D eigenvalue weighted by molar-refractivity contribution is 7.37. The molecule has 0 radical (unpaired) electrons. The van der Waals surface area contributed by atoms with Gasteiger partial charge in [-0.1, -0.05) is 0 Å². The van der Waals surface area contributed by atoms with E-state index >= 15 is 0 Å². The first kappa shape index (κ1) is 18.9. The largest absolute Gasteiger partial charge is 0.425 e. The fourth-order valence-corrected chi connectivity index (χ4v) is 8.34. The van der Waals surface area contributed by atoms with E-state index in [1.165, 1.54) is 34.8 Å². The van der Waals surface area contributed by atoms with E-state index in [0.29, 0.717) is 20.2 Å². The molecule has 6 aromatic rings. The van der Waals surface area contributed by atoms with E-state index < -0.39 is 22.1 Å². The minimum Gasteiger partial charge on any atom is -0.165 e. The van der Waals surface area contributed by atoms with Gasteiger partial charge < -0.3 is 0 Å². The highest BCUT2D eigenvalue weighted by atomic mass is 32.1. The number of rotatable bonds is 0. The second-order valence-electron chi connectivity index (χ2n) is 6.85. The standard InChI is InChI=1S/C20H6F6S4/c21-19(22,23)15-3-7-1-9-13(5-11(7)27-15)29-18-10-2-8-4-16(20(24,25)26)28-12(8)6-14(10)30-17(9)18/h1-6H. The molecule has 10 heteroatoms. The van der Waals surface area contributed by atoms with Crippen LogP contribution < -0.4 is 0 Å². The Morgan fingerprint density at radius 3 is 1.23 bits per heavy atom. The maximum atomic E-state index is 13.0. The monoisotopic (exact) mass is 488 g/mol. The van der Waals surface area contributed by atoms with E-state index in [4.69, 9.17) is 0 Å². The zero-order valence-electron chi connectivity index (χ0n) is 14.4. The highest BCUT2D eigenvalue weighted by Gasteiger charge is 2.34. The lowest BCUT2D eigenvalue weighted by atomic mass is 10.1. The lowest BCUT2D eigenvalue weighted by Gasteiger charge is -1.99. The molecule has 0 saturated heterocycles. The van der Waals surface area contributed by atoms with E-state index in [9.17, 15) is 26.3 Å². The first-order valence-electron chi connectivity index (χ1n) is 8.48. The Bertz CT molecular complexity index is 1500. The van der Waals surface area contributed by atoms with Gasteiger partial charge in [-0.2, -0.15) is 26.3 Å². The summed E-state index contributed by atoms with van der Waals surface area (Å²) in [6.07, 6.45) is -8.74. The van der Waals surface area contributed by atoms with Crippen LogP contribution in [-0.4, -0.2) is 0 Å². The zero-order valence-corrected chi connectivity index (χ0v) is 17.6. The molecule has 0 spiro atoms. The van der Waals surface area contributed by atoms with Gasteiger partial charge in [0.15, 0.2) is 0 Å². The summed E-state index contributed by atoms with van der Waals surface area (Å²) in [6, 6.07) is 9.47. The number of hydrogen-bond donors (Lipinski definition) is 0. The number of benzene rings is 2. The lowest BCUT2D eigenvalue weighted by Crippen LogP contribution is -2.00. The summed E-state index contributed by atoms with van der Waals surface area (Å²) in [5, 5.41) is 2.87. The molecule has 30 heavy (non-hydrogen) atoms. The van der Waals surface area contributed by atoms with Crippen molar-refractivity contribution in [3.05, 3.63) is 46.2 Å². The lowest BCUT2D eigenvalue weighted by molar-refractivity contribution is -0.135. The predicted molar refractivity (Wildman–Crippen MR) is 115 cm³/mol. The Kier molecular flexibility index (Phi) is 3.69. The quantitative estimate of drug-likeness (QED) is 0.187. The summed E-state index contributed by atoms with van der Waals surface area (Å²) in [6.45, 7) is 0. The Labute approximate surface area is 179 Å². The topological polar surface area (TPSA) is 0 Å². The van der Waals surface area contributed by atoms with E-state index in [0.717, 1.165) is 52.2 Å². The third kappa shape index (κ3) is 2.70. The van der Waals surface area contributed by atoms with Crippen LogP contribution >= 0.6 is 45.3 Å². The van der Waals surface area contributed by atoms with Crippen LogP contribution in [0, 0.1) is 0 Å². The number of halogens is 6. The summed E-state index contributed by atoms with van der Waals surface area (Å²) in [7, 11) is 0. The molecule has 0 bridgehead atoms. The van der Waals surface area contributed by atoms with Crippen LogP contribution in [0.15, 0.2) is 36.4 Å². The number of alkyl halides is 6. The van der Waals surface area contributed by atoms with Crippen molar-refractivity contribution in [3.63, 3.8) is 0 Å². The molecule has 0 aliphatic carbocycles. The van der Waals surface area contributed by atoms with E-state index in [1.54, 1.807) is 24.3 Å². The summed E-state index contributed by atoms with van der Waals surface area (Å²) < 4.78 is 83.1. The maximum absolute atomic E-state index is 13.0. The van der Waals surface area contributed by atoms with Crippen LogP contribution in [0.2, 0.25) is 0 Å². The minimum absolute atomic E-state index is 0.549. The molecule has 4 heterocycles. The van der Waals surface area contributed by atoms with Crippen LogP contribution in [0.5, 0.6) is 0 Å². The molecule has 4 aromatic heterocycles. The molecule has 0 atom stereocenters. The van der Waals surface area contributed by atoms with Gasteiger partial charge in [0.05, 0.1) is 9.40 Å². The van der Waals surface area contributed by atoms with Gasteiger partial charge in [0.2, 0.25) is 0 Å². The summed E-state index contributed by atoms with van der Waals surface area (Å²) >= 11 is 4.38. The SMILES string of the molecule is FC(F)(F)c1cc2cc3c(cc2s1)sc1c2cc4cc(C(F)(F)F)sc4cc2sc31. The average Bonchev–Trinajstić information content (AvgIpc) is 3.37. The van der Waals surface area contributed by atoms with Crippen LogP contribution in [0.25, 0.3) is 49.7 Å². The van der Waals surface area contributed by atoms with Crippen molar-refractivity contribution in [3.8, 4) is 0 Å². The predicted octanol–water partition coefficient (Wildman–Crippen LogP) is 9.74. The van der Waals surface area contributed by atoms with Crippen LogP contribution in [0.4, 0.5) is 26.3 Å². The third-order valence-corrected chi connectivity index (χ3v) is 9.70. The van der Waals surface area contributed by atoms with Gasteiger partial charge in [-0.15, -0.1) is 45.3 Å². The normalized spacial score (nSPS) is 13.7. The van der Waals surface area contributed by atoms with Gasteiger partial charge in [0.1, 0.15) is 9.75 Å². The Hall–Kier alpha value is -1.88. The van der Waals surface area contributed by atoms with E-state index in [2.05, 4.69) is 0 Å². The molecule has 0 nitrogen and oxygen atoms in total. The van der Waals surface area contributed by atoms with Gasteiger partial charge in [0, 0.05) is 29.6 Å². The van der Waals surface area contributed by atoms with E-state index in [1.807, 2.05) is 0 Å². The Morgan fingerprint density at radius 2 is 0.867 bits per heavy atom. The molecule has 0 N–H and O–H groups in total. The molecule has 2 aromatic carbocycles. The van der Waals surface area contributed by atoms with Crippen molar-refractivity contribution in [1.29, 1.82) is 0 Å². The van der Waals surface area contributed by atoms with Crippen molar-refractivity contribution in [1.82, 2.24) is 0 Å². The fourth-order valence-electron chi connectivity index (χ4n) is 3.61. The van der Waals surface area contributed by atoms with Crippen molar-refractivity contribution in [2.45, 2.75) is 12.4 Å². The zero-order chi connectivity index (χ0) is 21.0. The van der Waals surface area contributed by atoms with Crippen molar-refractivity contribution < 1.29 is 26.3 Å². The smallest absolute Gasteiger partial charge is 0.165 e. The van der Waals surface area contributed by atoms with Gasteiger partial charge in [-0.25, -0.2) is 0 Å². The first-order valence-corrected chi connectivity index (χ1v) is 11.7. The second kappa shape index (κ2) is 5.87. The molecule has 0 fully saturated rings. The molecule has 0 amide bonds. The molecular weight excluding hydrogens is 482 g/mol. The van der Waals surface area contributed by atoms with E-state index in [-0.39, 0.29) is 0 Å². The summed E-state index contributed by atoms with van der Waals surface area (Å²) in [4.78, 5) is -1.24. The second-order valence-corrected chi connectivity index (χ2v) is 11.1. The Morgan fingerprint density at radius 1 is 0.467 bits per heavy atom. The summed E-state index contributed by atoms with van der Waals surface area (Å²) in [5.74, 6) is 0. The van der Waals surface area contributed by atoms with Crippen LogP contribution in [-0.2, 0) is 12.4 Å². The van der Waals surface area contributed by atoms with Gasteiger partial charge in [-0.3, -0.25) is 0 Å². The Balaban J connectivity index is 1.61. The number of hydrogen-bond acceptors (Lipinski definition) is 4. The van der Waals surface area contributed by atoms with Crippen LogP contribution in [0.1, 0.15) is 9.75 Å². The first-order chi connectivity index (χ1) is 14.1. The molecule has 0 unspecified atom stereocenters. The minimum atomic E-state index is -4.37. The van der Waals surface area contributed by atoms with Crippen molar-refractivity contribution in [2.24, 2.45) is 0 Å². The number of thiophene rings is 4. The van der Waals surface area contributed by atoms with Crippen LogP contribution in [0.3, 0.4) is 0 Å². The molecular formula is C20H6F6S4. The van der Waals surface area contributed by atoms with Crippen molar-refractivity contribution in [2.75, 3.05) is 0 Å². The molecule has 152 valence electrons. The van der Waals surface area contributed by atoms with Gasteiger partial charge in [0.25, 0.3) is 0 Å². The highest BCUT2D eigenvalue weighted by Crippen LogP contribution is 2.49. The van der Waals surface area contributed by atoms with Gasteiger partial charge >= 0.3 is 12.4 Å². The average molecular weight is 489 g/mol. The van der Waals surface area contributed by atoms with Gasteiger partial charge in [-0.05, 0) is 47.2 Å². The summed E-state index contributed by atoms with van der Waals surface area (Å²) in [5.41, 5.74) is 0. The molecule has 0 saturated carbocycles. The fraction of sp³-hybridized carbons (Fsp3) is 0.100. The van der Waals surface area contributed by atoms with Crippen molar-refractivity contribution >= 4 is 95.1 Å². The molecule has 0 aliphatic rings. The molecule has 6 rings (SSSR count). The molecule has 0 aliphatic heterocycles. The maximum Gasteiger partial charge on any atom is 0.425 e. The third-order valence-electron chi connectivity index (χ3n) is 4.92.